The van der Waals surface area contributed by atoms with Crippen molar-refractivity contribution in [1.82, 2.24) is 15.3 Å². The number of rotatable bonds is 5. The Morgan fingerprint density at radius 3 is 2.38 bits per heavy atom. The highest BCUT2D eigenvalue weighted by Crippen LogP contribution is 2.36. The lowest BCUT2D eigenvalue weighted by Crippen LogP contribution is -2.45. The topological polar surface area (TPSA) is 62.3 Å². The van der Waals surface area contributed by atoms with E-state index in [2.05, 4.69) is 20.6 Å². The lowest BCUT2D eigenvalue weighted by Gasteiger charge is -2.38. The van der Waals surface area contributed by atoms with Gasteiger partial charge in [-0.05, 0) is 53.9 Å². The summed E-state index contributed by atoms with van der Waals surface area (Å²) in [4.78, 5) is 9.87. The van der Waals surface area contributed by atoms with E-state index in [1.165, 1.54) is 0 Å². The predicted molar refractivity (Wildman–Crippen MR) is 141 cm³/mol. The number of hydrogen-bond acceptors (Lipinski definition) is 5. The van der Waals surface area contributed by atoms with Crippen LogP contribution < -0.4 is 15.5 Å². The van der Waals surface area contributed by atoms with E-state index in [1.54, 1.807) is 4.90 Å². The molecule has 1 fully saturated rings. The maximum absolute atomic E-state index is 13.7. The van der Waals surface area contributed by atoms with Crippen LogP contribution in [0.1, 0.15) is 35.2 Å². The zero-order chi connectivity index (χ0) is 26.0. The molecule has 3 heterocycles. The standard InChI is InChI=1S/C26H25ClF3N5OS/c27-20-7-3-6-19(12-20)25(8-10-36-11-9-25)16-31-24(37)34-23-32-21(26(28,29)30)13-22(33-23)35-14-17-4-1-2-5-18(17)15-35/h1-7,12-13H,8-11,14-16H2,(H2,31,32,33,34,37). The van der Waals surface area contributed by atoms with Crippen LogP contribution in [0.2, 0.25) is 5.02 Å². The van der Waals surface area contributed by atoms with Gasteiger partial charge < -0.3 is 20.3 Å². The number of thiocarbonyl (C=S) groups is 1. The Morgan fingerprint density at radius 1 is 1.03 bits per heavy atom. The van der Waals surface area contributed by atoms with Crippen LogP contribution in [0.15, 0.2) is 54.6 Å². The van der Waals surface area contributed by atoms with Crippen molar-refractivity contribution in [2.75, 3.05) is 30.0 Å². The molecular formula is C26H25ClF3N5OS. The molecular weight excluding hydrogens is 523 g/mol. The quantitative estimate of drug-likeness (QED) is 0.397. The molecule has 3 aromatic rings. The second-order valence-electron chi connectivity index (χ2n) is 9.27. The number of aromatic nitrogens is 2. The summed E-state index contributed by atoms with van der Waals surface area (Å²) in [5.41, 5.74) is 1.87. The monoisotopic (exact) mass is 547 g/mol. The summed E-state index contributed by atoms with van der Waals surface area (Å²) in [5, 5.41) is 6.72. The number of halogens is 4. The van der Waals surface area contributed by atoms with Crippen LogP contribution >= 0.6 is 23.8 Å². The van der Waals surface area contributed by atoms with E-state index >= 15 is 0 Å². The molecule has 2 aliphatic rings. The molecule has 1 saturated heterocycles. The van der Waals surface area contributed by atoms with Gasteiger partial charge in [0.1, 0.15) is 5.82 Å². The van der Waals surface area contributed by atoms with E-state index in [0.717, 1.165) is 35.6 Å². The number of ether oxygens (including phenoxy) is 1. The highest BCUT2D eigenvalue weighted by atomic mass is 35.5. The lowest BCUT2D eigenvalue weighted by molar-refractivity contribution is -0.141. The number of nitrogens with zero attached hydrogens (tertiary/aromatic N) is 3. The third-order valence-electron chi connectivity index (χ3n) is 6.87. The molecule has 0 radical (unpaired) electrons. The van der Waals surface area contributed by atoms with Gasteiger partial charge in [0, 0.05) is 49.4 Å². The van der Waals surface area contributed by atoms with Crippen molar-refractivity contribution in [2.24, 2.45) is 0 Å². The van der Waals surface area contributed by atoms with Gasteiger partial charge in [-0.1, -0.05) is 48.0 Å². The molecule has 0 bridgehead atoms. The summed E-state index contributed by atoms with van der Waals surface area (Å²) < 4.78 is 46.6. The summed E-state index contributed by atoms with van der Waals surface area (Å²) in [7, 11) is 0. The van der Waals surface area contributed by atoms with Crippen molar-refractivity contribution in [3.8, 4) is 0 Å². The van der Waals surface area contributed by atoms with Gasteiger partial charge in [-0.25, -0.2) is 4.98 Å². The van der Waals surface area contributed by atoms with Crippen LogP contribution in [0.5, 0.6) is 0 Å². The van der Waals surface area contributed by atoms with Gasteiger partial charge in [0.2, 0.25) is 5.95 Å². The second-order valence-corrected chi connectivity index (χ2v) is 10.1. The average molecular weight is 548 g/mol. The number of anilines is 2. The third kappa shape index (κ3) is 5.81. The summed E-state index contributed by atoms with van der Waals surface area (Å²) in [6.45, 7) is 2.57. The van der Waals surface area contributed by atoms with Gasteiger partial charge >= 0.3 is 6.18 Å². The van der Waals surface area contributed by atoms with Crippen molar-refractivity contribution >= 4 is 40.7 Å². The molecule has 1 aromatic heterocycles. The summed E-state index contributed by atoms with van der Waals surface area (Å²) >= 11 is 11.7. The molecule has 0 unspecified atom stereocenters. The number of hydrogen-bond donors (Lipinski definition) is 2. The first-order chi connectivity index (χ1) is 17.7. The Balaban J connectivity index is 1.34. The molecule has 0 spiro atoms. The SMILES string of the molecule is FC(F)(F)c1cc(N2Cc3ccccc3C2)nc(NC(=S)NCC2(c3cccc(Cl)c3)CCOCC2)n1. The minimum Gasteiger partial charge on any atom is -0.381 e. The third-order valence-corrected chi connectivity index (χ3v) is 7.35. The maximum Gasteiger partial charge on any atom is 0.433 e. The van der Waals surface area contributed by atoms with Crippen LogP contribution in [0, 0.1) is 0 Å². The Morgan fingerprint density at radius 2 is 1.73 bits per heavy atom. The van der Waals surface area contributed by atoms with E-state index < -0.39 is 11.9 Å². The van der Waals surface area contributed by atoms with Crippen molar-refractivity contribution in [3.05, 3.63) is 82.0 Å². The molecule has 6 nitrogen and oxygen atoms in total. The summed E-state index contributed by atoms with van der Waals surface area (Å²) in [6, 6.07) is 16.4. The van der Waals surface area contributed by atoms with Crippen molar-refractivity contribution in [2.45, 2.75) is 37.5 Å². The first-order valence-electron chi connectivity index (χ1n) is 11.9. The molecule has 2 N–H and O–H groups in total. The fourth-order valence-corrected chi connectivity index (χ4v) is 5.19. The van der Waals surface area contributed by atoms with Gasteiger partial charge in [-0.15, -0.1) is 0 Å². The predicted octanol–water partition coefficient (Wildman–Crippen LogP) is 5.70. The van der Waals surface area contributed by atoms with Crippen molar-refractivity contribution in [3.63, 3.8) is 0 Å². The Bertz CT molecular complexity index is 1270. The van der Waals surface area contributed by atoms with Crippen LogP contribution in [0.3, 0.4) is 0 Å². The van der Waals surface area contributed by atoms with Crippen LogP contribution in [-0.4, -0.2) is 34.8 Å². The van der Waals surface area contributed by atoms with Crippen molar-refractivity contribution in [1.29, 1.82) is 0 Å². The Hall–Kier alpha value is -2.95. The van der Waals surface area contributed by atoms with Gasteiger partial charge in [0.15, 0.2) is 10.8 Å². The lowest BCUT2D eigenvalue weighted by atomic mass is 9.74. The normalized spacial score (nSPS) is 16.8. The summed E-state index contributed by atoms with van der Waals surface area (Å²) in [5.74, 6) is -0.0225. The highest BCUT2D eigenvalue weighted by Gasteiger charge is 2.36. The second kappa shape index (κ2) is 10.4. The molecule has 2 aromatic carbocycles. The van der Waals surface area contributed by atoms with Crippen LogP contribution in [-0.2, 0) is 29.4 Å². The minimum absolute atomic E-state index is 0.142. The molecule has 0 aliphatic carbocycles. The van der Waals surface area contributed by atoms with E-state index in [-0.39, 0.29) is 22.3 Å². The van der Waals surface area contributed by atoms with E-state index in [4.69, 9.17) is 28.6 Å². The van der Waals surface area contributed by atoms with E-state index in [0.29, 0.717) is 37.9 Å². The number of alkyl halides is 3. The fraction of sp³-hybridized carbons (Fsp3) is 0.346. The van der Waals surface area contributed by atoms with Crippen LogP contribution in [0.4, 0.5) is 24.9 Å². The Kier molecular flexibility index (Phi) is 7.24. The number of fused-ring (bicyclic) bond motifs is 1. The van der Waals surface area contributed by atoms with E-state index in [1.807, 2.05) is 48.5 Å². The fourth-order valence-electron chi connectivity index (χ4n) is 4.84. The Labute approximate surface area is 223 Å². The smallest absolute Gasteiger partial charge is 0.381 e. The molecule has 0 amide bonds. The van der Waals surface area contributed by atoms with Crippen molar-refractivity contribution < 1.29 is 17.9 Å². The number of benzene rings is 2. The first kappa shape index (κ1) is 25.7. The minimum atomic E-state index is -4.63. The van der Waals surface area contributed by atoms with E-state index in [9.17, 15) is 13.2 Å². The largest absolute Gasteiger partial charge is 0.433 e. The zero-order valence-corrected chi connectivity index (χ0v) is 21.4. The van der Waals surface area contributed by atoms with Crippen LogP contribution in [0.25, 0.3) is 0 Å². The molecule has 37 heavy (non-hydrogen) atoms. The van der Waals surface area contributed by atoms with Gasteiger partial charge in [-0.3, -0.25) is 0 Å². The number of nitrogens with one attached hydrogen (secondary N) is 2. The molecule has 2 aliphatic heterocycles. The van der Waals surface area contributed by atoms with Gasteiger partial charge in [0.25, 0.3) is 0 Å². The van der Waals surface area contributed by atoms with Gasteiger partial charge in [0.05, 0.1) is 0 Å². The summed E-state index contributed by atoms with van der Waals surface area (Å²) in [6.07, 6.45) is -3.13. The molecule has 5 rings (SSSR count). The highest BCUT2D eigenvalue weighted by molar-refractivity contribution is 7.80. The first-order valence-corrected chi connectivity index (χ1v) is 12.7. The average Bonchev–Trinajstić information content (AvgIpc) is 3.32. The molecule has 11 heteroatoms. The molecule has 0 atom stereocenters. The molecule has 194 valence electrons. The maximum atomic E-state index is 13.7. The van der Waals surface area contributed by atoms with Gasteiger partial charge in [-0.2, -0.15) is 18.2 Å². The molecule has 0 saturated carbocycles. The zero-order valence-electron chi connectivity index (χ0n) is 19.8.